The van der Waals surface area contributed by atoms with Crippen LogP contribution in [0.3, 0.4) is 0 Å². The number of para-hydroxylation sites is 1. The van der Waals surface area contributed by atoms with Crippen LogP contribution in [0.2, 0.25) is 0 Å². The third-order valence-corrected chi connectivity index (χ3v) is 4.77. The minimum atomic E-state index is -3.28. The summed E-state index contributed by atoms with van der Waals surface area (Å²) in [5, 5.41) is 2.92. The monoisotopic (exact) mass is 361 g/mol. The SMILES string of the molecule is CC(C)Oc1ccccc1C(C)NC(=O)c1ccc(S(C)(=O)=O)cc1. The van der Waals surface area contributed by atoms with Gasteiger partial charge in [-0.05, 0) is 51.1 Å². The van der Waals surface area contributed by atoms with E-state index in [0.717, 1.165) is 17.6 Å². The summed E-state index contributed by atoms with van der Waals surface area (Å²) in [6.45, 7) is 5.78. The molecule has 1 unspecified atom stereocenters. The molecule has 0 fully saturated rings. The summed E-state index contributed by atoms with van der Waals surface area (Å²) in [4.78, 5) is 12.6. The first-order chi connectivity index (χ1) is 11.7. The molecule has 134 valence electrons. The Hall–Kier alpha value is -2.34. The third-order valence-electron chi connectivity index (χ3n) is 3.64. The van der Waals surface area contributed by atoms with Crippen molar-refractivity contribution in [3.63, 3.8) is 0 Å². The van der Waals surface area contributed by atoms with E-state index in [1.165, 1.54) is 24.3 Å². The zero-order valence-electron chi connectivity index (χ0n) is 14.8. The summed E-state index contributed by atoms with van der Waals surface area (Å²) in [5.41, 5.74) is 1.29. The average molecular weight is 361 g/mol. The summed E-state index contributed by atoms with van der Waals surface area (Å²) in [6.07, 6.45) is 1.17. The van der Waals surface area contributed by atoms with Crippen LogP contribution in [0, 0.1) is 0 Å². The molecule has 0 aliphatic heterocycles. The van der Waals surface area contributed by atoms with E-state index < -0.39 is 9.84 Å². The van der Waals surface area contributed by atoms with Crippen molar-refractivity contribution in [1.82, 2.24) is 5.32 Å². The fraction of sp³-hybridized carbons (Fsp3) is 0.316. The molecule has 2 aromatic rings. The standard InChI is InChI=1S/C19H23NO4S/c1-13(2)24-18-8-6-5-7-17(18)14(3)20-19(21)15-9-11-16(12-10-15)25(4,22)23/h5-14H,1-4H3,(H,20,21). The van der Waals surface area contributed by atoms with Crippen LogP contribution in [0.15, 0.2) is 53.4 Å². The lowest BCUT2D eigenvalue weighted by Gasteiger charge is -2.20. The number of carbonyl (C=O) groups excluding carboxylic acids is 1. The third kappa shape index (κ3) is 5.06. The van der Waals surface area contributed by atoms with Gasteiger partial charge >= 0.3 is 0 Å². The van der Waals surface area contributed by atoms with Crippen molar-refractivity contribution in [2.75, 3.05) is 6.26 Å². The number of nitrogens with one attached hydrogen (secondary N) is 1. The van der Waals surface area contributed by atoms with E-state index in [2.05, 4.69) is 5.32 Å². The van der Waals surface area contributed by atoms with Crippen molar-refractivity contribution in [2.45, 2.75) is 37.8 Å². The molecule has 5 nitrogen and oxygen atoms in total. The lowest BCUT2D eigenvalue weighted by Crippen LogP contribution is -2.27. The fourth-order valence-electron chi connectivity index (χ4n) is 2.41. The Balaban J connectivity index is 2.15. The minimum absolute atomic E-state index is 0.0348. The van der Waals surface area contributed by atoms with Gasteiger partial charge in [-0.2, -0.15) is 0 Å². The van der Waals surface area contributed by atoms with E-state index in [4.69, 9.17) is 4.74 Å². The van der Waals surface area contributed by atoms with E-state index in [1.807, 2.05) is 45.0 Å². The second-order valence-corrected chi connectivity index (χ2v) is 8.21. The molecule has 0 aliphatic carbocycles. The topological polar surface area (TPSA) is 72.5 Å². The number of hydrogen-bond donors (Lipinski definition) is 1. The van der Waals surface area contributed by atoms with Gasteiger partial charge in [-0.25, -0.2) is 8.42 Å². The molecule has 0 aromatic heterocycles. The van der Waals surface area contributed by atoms with Crippen LogP contribution in [0.1, 0.15) is 42.7 Å². The van der Waals surface area contributed by atoms with Crippen molar-refractivity contribution >= 4 is 15.7 Å². The quantitative estimate of drug-likeness (QED) is 0.856. The Morgan fingerprint density at radius 3 is 2.16 bits per heavy atom. The number of ether oxygens (including phenoxy) is 1. The predicted molar refractivity (Wildman–Crippen MR) is 97.6 cm³/mol. The number of hydrogen-bond acceptors (Lipinski definition) is 4. The highest BCUT2D eigenvalue weighted by atomic mass is 32.2. The molecule has 0 saturated heterocycles. The highest BCUT2D eigenvalue weighted by molar-refractivity contribution is 7.90. The molecule has 0 bridgehead atoms. The van der Waals surface area contributed by atoms with E-state index in [9.17, 15) is 13.2 Å². The van der Waals surface area contributed by atoms with Gasteiger partial charge in [-0.1, -0.05) is 18.2 Å². The molecule has 0 saturated carbocycles. The van der Waals surface area contributed by atoms with Crippen LogP contribution in [0.4, 0.5) is 0 Å². The van der Waals surface area contributed by atoms with Crippen molar-refractivity contribution in [2.24, 2.45) is 0 Å². The van der Waals surface area contributed by atoms with Crippen LogP contribution in [0.25, 0.3) is 0 Å². The summed E-state index contributed by atoms with van der Waals surface area (Å²) in [6, 6.07) is 13.2. The largest absolute Gasteiger partial charge is 0.491 e. The van der Waals surface area contributed by atoms with Gasteiger partial charge in [0.05, 0.1) is 17.0 Å². The van der Waals surface area contributed by atoms with Gasteiger partial charge in [0, 0.05) is 17.4 Å². The number of rotatable bonds is 6. The number of benzene rings is 2. The van der Waals surface area contributed by atoms with Gasteiger partial charge in [0.2, 0.25) is 0 Å². The summed E-state index contributed by atoms with van der Waals surface area (Å²) in [5.74, 6) is 0.463. The smallest absolute Gasteiger partial charge is 0.251 e. The summed E-state index contributed by atoms with van der Waals surface area (Å²) < 4.78 is 28.8. The Morgan fingerprint density at radius 2 is 1.60 bits per heavy atom. The van der Waals surface area contributed by atoms with Gasteiger partial charge < -0.3 is 10.1 Å². The Bertz CT molecular complexity index is 842. The van der Waals surface area contributed by atoms with Crippen LogP contribution in [0.5, 0.6) is 5.75 Å². The first-order valence-corrected chi connectivity index (χ1v) is 9.94. The Labute approximate surface area is 148 Å². The maximum atomic E-state index is 12.4. The Morgan fingerprint density at radius 1 is 1.00 bits per heavy atom. The number of amides is 1. The van der Waals surface area contributed by atoms with E-state index >= 15 is 0 Å². The molecule has 2 aromatic carbocycles. The maximum absolute atomic E-state index is 12.4. The van der Waals surface area contributed by atoms with Crippen molar-refractivity contribution < 1.29 is 17.9 Å². The van der Waals surface area contributed by atoms with Crippen molar-refractivity contribution in [1.29, 1.82) is 0 Å². The summed E-state index contributed by atoms with van der Waals surface area (Å²) >= 11 is 0. The molecule has 1 amide bonds. The normalized spacial score (nSPS) is 12.7. The first-order valence-electron chi connectivity index (χ1n) is 8.05. The van der Waals surface area contributed by atoms with Gasteiger partial charge in [-0.3, -0.25) is 4.79 Å². The van der Waals surface area contributed by atoms with Gasteiger partial charge in [0.15, 0.2) is 9.84 Å². The fourth-order valence-corrected chi connectivity index (χ4v) is 3.04. The van der Waals surface area contributed by atoms with E-state index in [0.29, 0.717) is 5.56 Å². The van der Waals surface area contributed by atoms with Crippen LogP contribution >= 0.6 is 0 Å². The molecular formula is C19H23NO4S. The van der Waals surface area contributed by atoms with Crippen molar-refractivity contribution in [3.05, 3.63) is 59.7 Å². The molecule has 0 aliphatic rings. The van der Waals surface area contributed by atoms with Gasteiger partial charge in [-0.15, -0.1) is 0 Å². The Kier molecular flexibility index (Phi) is 5.85. The van der Waals surface area contributed by atoms with E-state index in [-0.39, 0.29) is 22.9 Å². The maximum Gasteiger partial charge on any atom is 0.251 e. The molecule has 6 heteroatoms. The first kappa shape index (κ1) is 19.0. The molecule has 25 heavy (non-hydrogen) atoms. The minimum Gasteiger partial charge on any atom is -0.491 e. The lowest BCUT2D eigenvalue weighted by atomic mass is 10.1. The van der Waals surface area contributed by atoms with Crippen LogP contribution in [-0.4, -0.2) is 26.7 Å². The molecule has 1 atom stereocenters. The average Bonchev–Trinajstić information content (AvgIpc) is 2.54. The predicted octanol–water partition coefficient (Wildman–Crippen LogP) is 3.37. The molecule has 1 N–H and O–H groups in total. The van der Waals surface area contributed by atoms with E-state index in [1.54, 1.807) is 0 Å². The molecular weight excluding hydrogens is 338 g/mol. The lowest BCUT2D eigenvalue weighted by molar-refractivity contribution is 0.0939. The van der Waals surface area contributed by atoms with Crippen LogP contribution < -0.4 is 10.1 Å². The molecule has 0 heterocycles. The summed E-state index contributed by atoms with van der Waals surface area (Å²) in [7, 11) is -3.28. The molecule has 2 rings (SSSR count). The second-order valence-electron chi connectivity index (χ2n) is 6.20. The van der Waals surface area contributed by atoms with Gasteiger partial charge in [0.1, 0.15) is 5.75 Å². The highest BCUT2D eigenvalue weighted by Gasteiger charge is 2.16. The van der Waals surface area contributed by atoms with Crippen LogP contribution in [-0.2, 0) is 9.84 Å². The van der Waals surface area contributed by atoms with Crippen molar-refractivity contribution in [3.8, 4) is 5.75 Å². The molecule has 0 radical (unpaired) electrons. The zero-order valence-corrected chi connectivity index (χ0v) is 15.6. The number of sulfone groups is 1. The zero-order chi connectivity index (χ0) is 18.6. The number of carbonyl (C=O) groups is 1. The second kappa shape index (κ2) is 7.70. The van der Waals surface area contributed by atoms with Gasteiger partial charge in [0.25, 0.3) is 5.91 Å². The molecule has 0 spiro atoms. The highest BCUT2D eigenvalue weighted by Crippen LogP contribution is 2.26.